The van der Waals surface area contributed by atoms with E-state index < -0.39 is 24.5 Å². The number of ether oxygens (including phenoxy) is 4. The third-order valence-electron chi connectivity index (χ3n) is 2.89. The molecule has 9 heteroatoms. The zero-order chi connectivity index (χ0) is 18.8. The molecule has 9 nitrogen and oxygen atoms in total. The lowest BCUT2D eigenvalue weighted by atomic mass is 10.2. The van der Waals surface area contributed by atoms with Crippen molar-refractivity contribution < 1.29 is 33.3 Å². The van der Waals surface area contributed by atoms with E-state index in [4.69, 9.17) is 18.9 Å². The standard InChI is InChI=1S/C16H20N2O7/c1-5-6-17-16(21)18-13(19)9-25-15(20)10-7-11(22-2)14(24-4)12(8-10)23-3/h5,7-8H,1,6,9H2,2-4H3,(H2,17,18,19,21). The van der Waals surface area contributed by atoms with Gasteiger partial charge in [-0.2, -0.15) is 0 Å². The predicted octanol–water partition coefficient (Wildman–Crippen LogP) is 0.881. The summed E-state index contributed by atoms with van der Waals surface area (Å²) in [6, 6.07) is 2.06. The average Bonchev–Trinajstić information content (AvgIpc) is 2.62. The monoisotopic (exact) mass is 352 g/mol. The fourth-order valence-corrected chi connectivity index (χ4v) is 1.79. The number of nitrogens with one attached hydrogen (secondary N) is 2. The van der Waals surface area contributed by atoms with Gasteiger partial charge in [0, 0.05) is 6.54 Å². The van der Waals surface area contributed by atoms with Crippen LogP contribution in [-0.4, -0.2) is 52.4 Å². The SMILES string of the molecule is C=CCNC(=O)NC(=O)COC(=O)c1cc(OC)c(OC)c(OC)c1. The second kappa shape index (κ2) is 9.81. The van der Waals surface area contributed by atoms with E-state index in [9.17, 15) is 14.4 Å². The van der Waals surface area contributed by atoms with E-state index in [1.54, 1.807) is 0 Å². The van der Waals surface area contributed by atoms with E-state index in [1.165, 1.54) is 39.5 Å². The van der Waals surface area contributed by atoms with Gasteiger partial charge in [0.25, 0.3) is 5.91 Å². The number of hydrogen-bond donors (Lipinski definition) is 2. The Hall–Kier alpha value is -3.23. The van der Waals surface area contributed by atoms with Crippen molar-refractivity contribution in [1.29, 1.82) is 0 Å². The molecule has 0 heterocycles. The second-order valence-corrected chi connectivity index (χ2v) is 4.54. The summed E-state index contributed by atoms with van der Waals surface area (Å²) >= 11 is 0. The van der Waals surface area contributed by atoms with Crippen molar-refractivity contribution in [2.45, 2.75) is 0 Å². The number of hydrogen-bond acceptors (Lipinski definition) is 7. The summed E-state index contributed by atoms with van der Waals surface area (Å²) in [7, 11) is 4.24. The molecule has 0 atom stereocenters. The molecule has 0 spiro atoms. The second-order valence-electron chi connectivity index (χ2n) is 4.54. The predicted molar refractivity (Wildman–Crippen MR) is 88.1 cm³/mol. The quantitative estimate of drug-likeness (QED) is 0.527. The van der Waals surface area contributed by atoms with Gasteiger partial charge in [0.15, 0.2) is 18.1 Å². The summed E-state index contributed by atoms with van der Waals surface area (Å²) < 4.78 is 20.3. The lowest BCUT2D eigenvalue weighted by Crippen LogP contribution is -2.41. The molecule has 0 fully saturated rings. The molecule has 1 rings (SSSR count). The van der Waals surface area contributed by atoms with Crippen molar-refractivity contribution >= 4 is 17.9 Å². The Kier molecular flexibility index (Phi) is 7.77. The highest BCUT2D eigenvalue weighted by Gasteiger charge is 2.19. The van der Waals surface area contributed by atoms with Crippen molar-refractivity contribution in [3.63, 3.8) is 0 Å². The molecule has 1 aromatic rings. The molecule has 0 bridgehead atoms. The Morgan fingerprint density at radius 3 is 2.16 bits per heavy atom. The zero-order valence-electron chi connectivity index (χ0n) is 14.2. The van der Waals surface area contributed by atoms with Crippen LogP contribution in [-0.2, 0) is 9.53 Å². The Bertz CT molecular complexity index is 633. The summed E-state index contributed by atoms with van der Waals surface area (Å²) in [5, 5.41) is 4.35. The molecule has 0 aromatic heterocycles. The van der Waals surface area contributed by atoms with Gasteiger partial charge in [-0.25, -0.2) is 9.59 Å². The first-order valence-electron chi connectivity index (χ1n) is 7.12. The molecule has 3 amide bonds. The number of benzene rings is 1. The highest BCUT2D eigenvalue weighted by Crippen LogP contribution is 2.38. The van der Waals surface area contributed by atoms with Crippen LogP contribution in [0.15, 0.2) is 24.8 Å². The van der Waals surface area contributed by atoms with Gasteiger partial charge < -0.3 is 24.3 Å². The molecule has 0 unspecified atom stereocenters. The molecular formula is C16H20N2O7. The fraction of sp³-hybridized carbons (Fsp3) is 0.312. The Morgan fingerprint density at radius 2 is 1.68 bits per heavy atom. The highest BCUT2D eigenvalue weighted by atomic mass is 16.5. The zero-order valence-corrected chi connectivity index (χ0v) is 14.2. The van der Waals surface area contributed by atoms with E-state index in [-0.39, 0.29) is 23.6 Å². The largest absolute Gasteiger partial charge is 0.493 e. The molecule has 0 aliphatic carbocycles. The van der Waals surface area contributed by atoms with Gasteiger partial charge in [0.2, 0.25) is 5.75 Å². The summed E-state index contributed by atoms with van der Waals surface area (Å²) in [5.41, 5.74) is 0.0957. The lowest BCUT2D eigenvalue weighted by molar-refractivity contribution is -0.123. The smallest absolute Gasteiger partial charge is 0.338 e. The third-order valence-corrected chi connectivity index (χ3v) is 2.89. The van der Waals surface area contributed by atoms with E-state index >= 15 is 0 Å². The molecule has 136 valence electrons. The van der Waals surface area contributed by atoms with Crippen molar-refractivity contribution in [1.82, 2.24) is 10.6 Å². The van der Waals surface area contributed by atoms with Gasteiger partial charge in [-0.05, 0) is 12.1 Å². The van der Waals surface area contributed by atoms with Crippen molar-refractivity contribution in [2.24, 2.45) is 0 Å². The minimum Gasteiger partial charge on any atom is -0.493 e. The summed E-state index contributed by atoms with van der Waals surface area (Å²) in [6.07, 6.45) is 1.45. The molecule has 0 saturated carbocycles. The first-order valence-corrected chi connectivity index (χ1v) is 7.12. The summed E-state index contributed by atoms with van der Waals surface area (Å²) in [4.78, 5) is 34.9. The normalized spacial score (nSPS) is 9.56. The fourth-order valence-electron chi connectivity index (χ4n) is 1.79. The maximum atomic E-state index is 12.1. The van der Waals surface area contributed by atoms with E-state index in [0.717, 1.165) is 0 Å². The number of carbonyl (C=O) groups is 3. The molecule has 0 aliphatic rings. The van der Waals surface area contributed by atoms with Gasteiger partial charge in [0.05, 0.1) is 26.9 Å². The van der Waals surface area contributed by atoms with Crippen LogP contribution in [0.4, 0.5) is 4.79 Å². The van der Waals surface area contributed by atoms with Crippen molar-refractivity contribution in [3.05, 3.63) is 30.4 Å². The van der Waals surface area contributed by atoms with Crippen LogP contribution < -0.4 is 24.8 Å². The van der Waals surface area contributed by atoms with E-state index in [1.807, 2.05) is 5.32 Å². The number of esters is 1. The Balaban J connectivity index is 2.73. The first-order chi connectivity index (χ1) is 12.0. The van der Waals surface area contributed by atoms with Crippen LogP contribution >= 0.6 is 0 Å². The Morgan fingerprint density at radius 1 is 1.08 bits per heavy atom. The van der Waals surface area contributed by atoms with E-state index in [2.05, 4.69) is 11.9 Å². The number of rotatable bonds is 8. The van der Waals surface area contributed by atoms with Crippen LogP contribution in [0.1, 0.15) is 10.4 Å². The maximum absolute atomic E-state index is 12.1. The molecular weight excluding hydrogens is 332 g/mol. The molecule has 0 aliphatic heterocycles. The topological polar surface area (TPSA) is 112 Å². The van der Waals surface area contributed by atoms with Gasteiger partial charge in [-0.15, -0.1) is 6.58 Å². The number of urea groups is 1. The molecule has 0 saturated heterocycles. The average molecular weight is 352 g/mol. The van der Waals surface area contributed by atoms with Crippen molar-refractivity contribution in [2.75, 3.05) is 34.5 Å². The van der Waals surface area contributed by atoms with Gasteiger partial charge in [-0.3, -0.25) is 10.1 Å². The molecule has 1 aromatic carbocycles. The van der Waals surface area contributed by atoms with Gasteiger partial charge in [-0.1, -0.05) is 6.08 Å². The third kappa shape index (κ3) is 5.72. The molecule has 0 radical (unpaired) electrons. The van der Waals surface area contributed by atoms with Crippen molar-refractivity contribution in [3.8, 4) is 17.2 Å². The minimum absolute atomic E-state index is 0.0957. The maximum Gasteiger partial charge on any atom is 0.338 e. The van der Waals surface area contributed by atoms with Gasteiger partial charge in [0.1, 0.15) is 0 Å². The van der Waals surface area contributed by atoms with E-state index in [0.29, 0.717) is 5.75 Å². The van der Waals surface area contributed by atoms with Crippen LogP contribution in [0.3, 0.4) is 0 Å². The highest BCUT2D eigenvalue weighted by molar-refractivity contribution is 5.97. The molecule has 25 heavy (non-hydrogen) atoms. The molecule has 2 N–H and O–H groups in total. The lowest BCUT2D eigenvalue weighted by Gasteiger charge is -2.13. The Labute approximate surface area is 144 Å². The summed E-state index contributed by atoms with van der Waals surface area (Å²) in [5.74, 6) is -0.717. The summed E-state index contributed by atoms with van der Waals surface area (Å²) in [6.45, 7) is 2.99. The number of carbonyl (C=O) groups excluding carboxylic acids is 3. The number of amides is 3. The van der Waals surface area contributed by atoms with Gasteiger partial charge >= 0.3 is 12.0 Å². The van der Waals surface area contributed by atoms with Crippen LogP contribution in [0.5, 0.6) is 17.2 Å². The van der Waals surface area contributed by atoms with Crippen LogP contribution in [0.2, 0.25) is 0 Å². The minimum atomic E-state index is -0.791. The van der Waals surface area contributed by atoms with Crippen LogP contribution in [0.25, 0.3) is 0 Å². The van der Waals surface area contributed by atoms with Crippen LogP contribution in [0, 0.1) is 0 Å². The number of methoxy groups -OCH3 is 3. The first kappa shape index (κ1) is 19.8. The number of imide groups is 1.